The Morgan fingerprint density at radius 2 is 2.12 bits per heavy atom. The monoisotopic (exact) mass is 235 g/mol. The minimum Gasteiger partial charge on any atom is -0.396 e. The molecule has 1 aromatic rings. The standard InChI is InChI=1S/C13H21N3O/c1-9-6-14-10(2)13(16-9)15-7-11-4-3-5-12(11)8-17/h6,11-12,17H,3-5,7-8H2,1-2H3,(H,15,16). The zero-order valence-electron chi connectivity index (χ0n) is 10.6. The average Bonchev–Trinajstić information content (AvgIpc) is 2.77. The van der Waals surface area contributed by atoms with Gasteiger partial charge in [-0.3, -0.25) is 4.98 Å². The lowest BCUT2D eigenvalue weighted by molar-refractivity contribution is 0.199. The molecule has 2 rings (SSSR count). The van der Waals surface area contributed by atoms with Crippen LogP contribution in [0.5, 0.6) is 0 Å². The largest absolute Gasteiger partial charge is 0.396 e. The molecule has 94 valence electrons. The smallest absolute Gasteiger partial charge is 0.147 e. The molecule has 1 aromatic heterocycles. The molecule has 2 unspecified atom stereocenters. The third-order valence-corrected chi connectivity index (χ3v) is 3.66. The summed E-state index contributed by atoms with van der Waals surface area (Å²) in [5.41, 5.74) is 1.87. The molecule has 1 aliphatic rings. The van der Waals surface area contributed by atoms with Gasteiger partial charge >= 0.3 is 0 Å². The van der Waals surface area contributed by atoms with Crippen LogP contribution in [0, 0.1) is 25.7 Å². The predicted octanol–water partition coefficient (Wildman–Crippen LogP) is 1.91. The Balaban J connectivity index is 1.95. The number of anilines is 1. The molecule has 1 aliphatic carbocycles. The first-order valence-electron chi connectivity index (χ1n) is 6.35. The van der Waals surface area contributed by atoms with Crippen LogP contribution in [-0.4, -0.2) is 28.2 Å². The van der Waals surface area contributed by atoms with E-state index in [1.807, 2.05) is 13.8 Å². The zero-order chi connectivity index (χ0) is 12.3. The second-order valence-electron chi connectivity index (χ2n) is 4.96. The van der Waals surface area contributed by atoms with Crippen molar-refractivity contribution in [3.05, 3.63) is 17.6 Å². The van der Waals surface area contributed by atoms with E-state index in [-0.39, 0.29) is 0 Å². The minimum absolute atomic E-state index is 0.310. The Morgan fingerprint density at radius 3 is 2.88 bits per heavy atom. The average molecular weight is 235 g/mol. The molecule has 0 bridgehead atoms. The van der Waals surface area contributed by atoms with Crippen molar-refractivity contribution in [3.8, 4) is 0 Å². The second kappa shape index (κ2) is 5.45. The van der Waals surface area contributed by atoms with Crippen LogP contribution in [0.3, 0.4) is 0 Å². The van der Waals surface area contributed by atoms with Crippen molar-refractivity contribution < 1.29 is 5.11 Å². The van der Waals surface area contributed by atoms with Crippen LogP contribution in [0.1, 0.15) is 30.7 Å². The van der Waals surface area contributed by atoms with E-state index in [9.17, 15) is 5.11 Å². The summed E-state index contributed by atoms with van der Waals surface area (Å²) in [6.07, 6.45) is 5.38. The molecule has 2 N–H and O–H groups in total. The van der Waals surface area contributed by atoms with Crippen LogP contribution < -0.4 is 5.32 Å². The maximum Gasteiger partial charge on any atom is 0.147 e. The normalized spacial score (nSPS) is 23.9. The number of aliphatic hydroxyl groups is 1. The molecule has 1 heterocycles. The van der Waals surface area contributed by atoms with E-state index in [1.165, 1.54) is 12.8 Å². The van der Waals surface area contributed by atoms with Gasteiger partial charge in [0.05, 0.1) is 11.4 Å². The SMILES string of the molecule is Cc1cnc(C)c(NCC2CCCC2CO)n1. The summed E-state index contributed by atoms with van der Waals surface area (Å²) in [6.45, 7) is 5.12. The number of aliphatic hydroxyl groups excluding tert-OH is 1. The summed E-state index contributed by atoms with van der Waals surface area (Å²) in [6, 6.07) is 0. The van der Waals surface area contributed by atoms with Gasteiger partial charge in [0.2, 0.25) is 0 Å². The van der Waals surface area contributed by atoms with Gasteiger partial charge in [0.25, 0.3) is 0 Å². The molecule has 2 atom stereocenters. The van der Waals surface area contributed by atoms with Crippen molar-refractivity contribution in [1.82, 2.24) is 9.97 Å². The van der Waals surface area contributed by atoms with E-state index in [4.69, 9.17) is 0 Å². The molecule has 0 radical (unpaired) electrons. The quantitative estimate of drug-likeness (QED) is 0.837. The third kappa shape index (κ3) is 2.94. The highest BCUT2D eigenvalue weighted by Gasteiger charge is 2.26. The molecule has 0 spiro atoms. The van der Waals surface area contributed by atoms with Gasteiger partial charge in [-0.1, -0.05) is 6.42 Å². The van der Waals surface area contributed by atoms with E-state index >= 15 is 0 Å². The van der Waals surface area contributed by atoms with Crippen LogP contribution in [0.15, 0.2) is 6.20 Å². The molecule has 0 saturated heterocycles. The van der Waals surface area contributed by atoms with Crippen molar-refractivity contribution >= 4 is 5.82 Å². The fourth-order valence-corrected chi connectivity index (χ4v) is 2.56. The number of aromatic nitrogens is 2. The topological polar surface area (TPSA) is 58.0 Å². The van der Waals surface area contributed by atoms with Gasteiger partial charge in [0, 0.05) is 19.3 Å². The summed E-state index contributed by atoms with van der Waals surface area (Å²) in [7, 11) is 0. The first kappa shape index (κ1) is 12.3. The molecule has 4 heteroatoms. The second-order valence-corrected chi connectivity index (χ2v) is 4.96. The van der Waals surface area contributed by atoms with Gasteiger partial charge in [-0.2, -0.15) is 0 Å². The Morgan fingerprint density at radius 1 is 1.35 bits per heavy atom. The number of rotatable bonds is 4. The summed E-state index contributed by atoms with van der Waals surface area (Å²) in [5, 5.41) is 12.7. The first-order valence-corrected chi connectivity index (χ1v) is 6.35. The predicted molar refractivity (Wildman–Crippen MR) is 67.9 cm³/mol. The molecular weight excluding hydrogens is 214 g/mol. The van der Waals surface area contributed by atoms with Crippen LogP contribution in [-0.2, 0) is 0 Å². The lowest BCUT2D eigenvalue weighted by Gasteiger charge is -2.18. The van der Waals surface area contributed by atoms with Crippen molar-refractivity contribution in [1.29, 1.82) is 0 Å². The van der Waals surface area contributed by atoms with Crippen LogP contribution in [0.2, 0.25) is 0 Å². The van der Waals surface area contributed by atoms with Crippen LogP contribution in [0.4, 0.5) is 5.82 Å². The molecule has 0 aromatic carbocycles. The van der Waals surface area contributed by atoms with Crippen LogP contribution in [0.25, 0.3) is 0 Å². The maximum atomic E-state index is 9.28. The Hall–Kier alpha value is -1.16. The van der Waals surface area contributed by atoms with Gasteiger partial charge < -0.3 is 10.4 Å². The number of aryl methyl sites for hydroxylation is 2. The number of nitrogens with one attached hydrogen (secondary N) is 1. The van der Waals surface area contributed by atoms with E-state index in [0.717, 1.165) is 30.2 Å². The van der Waals surface area contributed by atoms with E-state index in [0.29, 0.717) is 18.4 Å². The molecule has 1 saturated carbocycles. The van der Waals surface area contributed by atoms with Gasteiger partial charge in [-0.05, 0) is 38.5 Å². The van der Waals surface area contributed by atoms with Gasteiger partial charge in [-0.15, -0.1) is 0 Å². The maximum absolute atomic E-state index is 9.28. The first-order chi connectivity index (χ1) is 8.20. The van der Waals surface area contributed by atoms with Crippen molar-refractivity contribution in [2.75, 3.05) is 18.5 Å². The van der Waals surface area contributed by atoms with E-state index < -0.39 is 0 Å². The molecule has 17 heavy (non-hydrogen) atoms. The van der Waals surface area contributed by atoms with E-state index in [1.54, 1.807) is 6.20 Å². The highest BCUT2D eigenvalue weighted by atomic mass is 16.3. The number of hydrogen-bond donors (Lipinski definition) is 2. The molecule has 4 nitrogen and oxygen atoms in total. The Bertz CT molecular complexity index is 381. The fourth-order valence-electron chi connectivity index (χ4n) is 2.56. The van der Waals surface area contributed by atoms with Gasteiger partial charge in [-0.25, -0.2) is 4.98 Å². The minimum atomic E-state index is 0.310. The summed E-state index contributed by atoms with van der Waals surface area (Å²) >= 11 is 0. The highest BCUT2D eigenvalue weighted by molar-refractivity contribution is 5.39. The molecule has 1 fully saturated rings. The Kier molecular flexibility index (Phi) is 3.94. The number of hydrogen-bond acceptors (Lipinski definition) is 4. The van der Waals surface area contributed by atoms with Crippen LogP contribution >= 0.6 is 0 Å². The number of nitrogens with zero attached hydrogens (tertiary/aromatic N) is 2. The summed E-state index contributed by atoms with van der Waals surface area (Å²) < 4.78 is 0. The van der Waals surface area contributed by atoms with Crippen molar-refractivity contribution in [3.63, 3.8) is 0 Å². The zero-order valence-corrected chi connectivity index (χ0v) is 10.6. The third-order valence-electron chi connectivity index (χ3n) is 3.66. The summed E-state index contributed by atoms with van der Waals surface area (Å²) in [4.78, 5) is 8.74. The Labute approximate surface area is 102 Å². The summed E-state index contributed by atoms with van der Waals surface area (Å²) in [5.74, 6) is 1.91. The molecule has 0 aliphatic heterocycles. The lowest BCUT2D eigenvalue weighted by Crippen LogP contribution is -2.21. The van der Waals surface area contributed by atoms with Crippen molar-refractivity contribution in [2.24, 2.45) is 11.8 Å². The van der Waals surface area contributed by atoms with Crippen molar-refractivity contribution in [2.45, 2.75) is 33.1 Å². The molecular formula is C13H21N3O. The van der Waals surface area contributed by atoms with Gasteiger partial charge in [0.1, 0.15) is 5.82 Å². The highest BCUT2D eigenvalue weighted by Crippen LogP contribution is 2.31. The fraction of sp³-hybridized carbons (Fsp3) is 0.692. The lowest BCUT2D eigenvalue weighted by atomic mass is 9.97. The molecule has 0 amide bonds. The van der Waals surface area contributed by atoms with E-state index in [2.05, 4.69) is 15.3 Å². The van der Waals surface area contributed by atoms with Gasteiger partial charge in [0.15, 0.2) is 0 Å².